The largest absolute Gasteiger partial charge is 0.352 e. The smallest absolute Gasteiger partial charge is 0.235 e. The van der Waals surface area contributed by atoms with Crippen LogP contribution in [0.15, 0.2) is 30.3 Å². The van der Waals surface area contributed by atoms with Gasteiger partial charge in [0.25, 0.3) is 0 Å². The number of nitrogens with one attached hydrogen (secondary N) is 1. The molecule has 180 valence electrons. The second-order valence-electron chi connectivity index (χ2n) is 12.4. The zero-order valence-corrected chi connectivity index (χ0v) is 21.0. The normalized spacial score (nSPS) is 39.9. The van der Waals surface area contributed by atoms with Crippen LogP contribution >= 0.6 is 0 Å². The van der Waals surface area contributed by atoms with Gasteiger partial charge in [0.15, 0.2) is 0 Å². The van der Waals surface area contributed by atoms with Crippen molar-refractivity contribution < 1.29 is 9.59 Å². The number of rotatable bonds is 4. The van der Waals surface area contributed by atoms with E-state index >= 15 is 0 Å². The summed E-state index contributed by atoms with van der Waals surface area (Å²) in [6, 6.07) is 10.4. The van der Waals surface area contributed by atoms with Gasteiger partial charge in [-0.3, -0.25) is 9.59 Å². The molecule has 3 saturated carbocycles. The third kappa shape index (κ3) is 3.82. The van der Waals surface area contributed by atoms with E-state index in [1.165, 1.54) is 38.5 Å². The number of carbonyl (C=O) groups excluding carboxylic acids is 2. The van der Waals surface area contributed by atoms with Crippen molar-refractivity contribution in [3.63, 3.8) is 0 Å². The Bertz CT molecular complexity index is 898. The molecule has 1 aromatic rings. The van der Waals surface area contributed by atoms with E-state index in [4.69, 9.17) is 0 Å². The van der Waals surface area contributed by atoms with E-state index in [2.05, 4.69) is 45.1 Å². The van der Waals surface area contributed by atoms with Gasteiger partial charge in [0.05, 0.1) is 0 Å². The number of carbonyl (C=O) groups is 2. The summed E-state index contributed by atoms with van der Waals surface area (Å²) in [5.41, 5.74) is 1.67. The molecule has 5 rings (SSSR count). The van der Waals surface area contributed by atoms with Gasteiger partial charge < -0.3 is 10.2 Å². The van der Waals surface area contributed by atoms with E-state index in [0.29, 0.717) is 24.3 Å². The van der Waals surface area contributed by atoms with Crippen molar-refractivity contribution in [3.8, 4) is 0 Å². The third-order valence-corrected chi connectivity index (χ3v) is 10.3. The monoisotopic (exact) mass is 450 g/mol. The van der Waals surface area contributed by atoms with Crippen LogP contribution in [0.4, 0.5) is 0 Å². The average molecular weight is 451 g/mol. The van der Waals surface area contributed by atoms with E-state index in [9.17, 15) is 9.59 Å². The zero-order chi connectivity index (χ0) is 23.4. The van der Waals surface area contributed by atoms with Crippen LogP contribution < -0.4 is 5.32 Å². The molecule has 1 aliphatic heterocycles. The summed E-state index contributed by atoms with van der Waals surface area (Å²) in [7, 11) is 0. The Labute approximate surface area is 199 Å². The van der Waals surface area contributed by atoms with Gasteiger partial charge >= 0.3 is 0 Å². The van der Waals surface area contributed by atoms with Crippen LogP contribution in [-0.2, 0) is 16.1 Å². The molecule has 33 heavy (non-hydrogen) atoms. The highest BCUT2D eigenvalue weighted by atomic mass is 16.2. The molecular formula is C29H42N2O2. The minimum absolute atomic E-state index is 0.00895. The van der Waals surface area contributed by atoms with Crippen LogP contribution in [-0.4, -0.2) is 28.8 Å². The standard InChI is InChI=1S/C29H42N2O2/c1-19(2)31(18-20-9-6-5-7-10-20)27(33)22-17-29(4)24-14-16-28(3)15-8-11-23(28)21(24)12-13-25(29)30-26(22)32/h5-7,9-10,19,21-25H,8,11-18H2,1-4H3,(H,30,32)/t21-,22?,23-,24+,25?,28-,29+/m0/s1. The van der Waals surface area contributed by atoms with Crippen molar-refractivity contribution in [1.29, 1.82) is 0 Å². The molecule has 4 fully saturated rings. The van der Waals surface area contributed by atoms with Gasteiger partial charge in [-0.1, -0.05) is 50.6 Å². The number of hydrogen-bond acceptors (Lipinski definition) is 2. The van der Waals surface area contributed by atoms with E-state index in [-0.39, 0.29) is 29.3 Å². The number of piperidine rings is 1. The number of amides is 2. The van der Waals surface area contributed by atoms with Crippen LogP contribution in [0.5, 0.6) is 0 Å². The van der Waals surface area contributed by atoms with Crippen molar-refractivity contribution in [3.05, 3.63) is 35.9 Å². The predicted molar refractivity (Wildman–Crippen MR) is 131 cm³/mol. The minimum atomic E-state index is -0.562. The highest BCUT2D eigenvalue weighted by Gasteiger charge is 2.60. The molecule has 1 N–H and O–H groups in total. The minimum Gasteiger partial charge on any atom is -0.352 e. The fourth-order valence-electron chi connectivity index (χ4n) is 8.48. The summed E-state index contributed by atoms with van der Waals surface area (Å²) in [4.78, 5) is 29.0. The molecule has 0 aromatic heterocycles. The molecule has 1 saturated heterocycles. The molecular weight excluding hydrogens is 408 g/mol. The predicted octanol–water partition coefficient (Wildman–Crippen LogP) is 5.56. The molecule has 0 bridgehead atoms. The van der Waals surface area contributed by atoms with Gasteiger partial charge in [0.1, 0.15) is 5.92 Å². The van der Waals surface area contributed by atoms with Crippen LogP contribution in [0.2, 0.25) is 0 Å². The molecule has 2 unspecified atom stereocenters. The van der Waals surface area contributed by atoms with E-state index in [0.717, 1.165) is 23.8 Å². The highest BCUT2D eigenvalue weighted by Crippen LogP contribution is 2.64. The number of hydrogen-bond donors (Lipinski definition) is 1. The first-order valence-corrected chi connectivity index (χ1v) is 13.4. The summed E-state index contributed by atoms with van der Waals surface area (Å²) in [5, 5.41) is 3.36. The second kappa shape index (κ2) is 8.43. The first kappa shape index (κ1) is 22.9. The Morgan fingerprint density at radius 2 is 1.82 bits per heavy atom. The average Bonchev–Trinajstić information content (AvgIpc) is 3.19. The molecule has 1 heterocycles. The van der Waals surface area contributed by atoms with Gasteiger partial charge in [-0.15, -0.1) is 0 Å². The molecule has 4 heteroatoms. The van der Waals surface area contributed by atoms with Gasteiger partial charge in [0, 0.05) is 18.6 Å². The zero-order valence-electron chi connectivity index (χ0n) is 21.0. The van der Waals surface area contributed by atoms with E-state index < -0.39 is 5.92 Å². The molecule has 1 aromatic carbocycles. The Hall–Kier alpha value is -1.84. The van der Waals surface area contributed by atoms with Crippen molar-refractivity contribution >= 4 is 11.8 Å². The van der Waals surface area contributed by atoms with Crippen molar-refractivity contribution in [2.24, 2.45) is 34.5 Å². The molecule has 4 nitrogen and oxygen atoms in total. The maximum Gasteiger partial charge on any atom is 0.235 e. The molecule has 2 amide bonds. The highest BCUT2D eigenvalue weighted by molar-refractivity contribution is 6.01. The molecule has 0 radical (unpaired) electrons. The quantitative estimate of drug-likeness (QED) is 0.611. The fraction of sp³-hybridized carbons (Fsp3) is 0.724. The number of nitrogens with zero attached hydrogens (tertiary/aromatic N) is 1. The van der Waals surface area contributed by atoms with E-state index in [1.807, 2.05) is 23.1 Å². The Morgan fingerprint density at radius 1 is 1.06 bits per heavy atom. The van der Waals surface area contributed by atoms with Crippen LogP contribution in [0.25, 0.3) is 0 Å². The van der Waals surface area contributed by atoms with E-state index in [1.54, 1.807) is 0 Å². The Morgan fingerprint density at radius 3 is 2.55 bits per heavy atom. The van der Waals surface area contributed by atoms with Crippen LogP contribution in [0.1, 0.15) is 84.6 Å². The lowest BCUT2D eigenvalue weighted by Gasteiger charge is -2.60. The molecule has 7 atom stereocenters. The molecule has 3 aliphatic carbocycles. The summed E-state index contributed by atoms with van der Waals surface area (Å²) in [6.45, 7) is 9.63. The lowest BCUT2D eigenvalue weighted by atomic mass is 9.47. The molecule has 4 aliphatic rings. The first-order chi connectivity index (χ1) is 15.7. The van der Waals surface area contributed by atoms with Gasteiger partial charge in [0.2, 0.25) is 11.8 Å². The fourth-order valence-corrected chi connectivity index (χ4v) is 8.48. The van der Waals surface area contributed by atoms with Crippen LogP contribution in [0.3, 0.4) is 0 Å². The third-order valence-electron chi connectivity index (χ3n) is 10.3. The summed E-state index contributed by atoms with van der Waals surface area (Å²) < 4.78 is 0. The van der Waals surface area contributed by atoms with Crippen molar-refractivity contribution in [1.82, 2.24) is 10.2 Å². The number of benzene rings is 1. The lowest BCUT2D eigenvalue weighted by molar-refractivity contribution is -0.157. The second-order valence-corrected chi connectivity index (χ2v) is 12.4. The van der Waals surface area contributed by atoms with Gasteiger partial charge in [-0.25, -0.2) is 0 Å². The maximum absolute atomic E-state index is 13.8. The maximum atomic E-state index is 13.8. The topological polar surface area (TPSA) is 49.4 Å². The van der Waals surface area contributed by atoms with Crippen molar-refractivity contribution in [2.45, 2.75) is 97.7 Å². The Balaban J connectivity index is 1.39. The summed E-state index contributed by atoms with van der Waals surface area (Å²) >= 11 is 0. The lowest BCUT2D eigenvalue weighted by Crippen LogP contribution is -2.64. The number of fused-ring (bicyclic) bond motifs is 5. The van der Waals surface area contributed by atoms with Crippen LogP contribution in [0, 0.1) is 34.5 Å². The SMILES string of the molecule is CC(C)N(Cc1ccccc1)C(=O)C1C[C@@]2(C)C(CC[C@@H]3[C@H]2CC[C@]2(C)CCC[C@@H]32)NC1=O. The van der Waals surface area contributed by atoms with Crippen molar-refractivity contribution in [2.75, 3.05) is 0 Å². The molecule has 0 spiro atoms. The Kier molecular flexibility index (Phi) is 5.86. The first-order valence-electron chi connectivity index (χ1n) is 13.4. The van der Waals surface area contributed by atoms with Gasteiger partial charge in [-0.05, 0) is 92.9 Å². The summed E-state index contributed by atoms with van der Waals surface area (Å²) in [6.07, 6.45) is 9.77. The summed E-state index contributed by atoms with van der Waals surface area (Å²) in [5.74, 6) is 1.64. The van der Waals surface area contributed by atoms with Gasteiger partial charge in [-0.2, -0.15) is 0 Å².